The van der Waals surface area contributed by atoms with E-state index in [1.807, 2.05) is 0 Å². The molecule has 0 amide bonds. The molecule has 2 aliphatic heterocycles. The van der Waals surface area contributed by atoms with Crippen LogP contribution in [0.5, 0.6) is 0 Å². The zero-order valence-corrected chi connectivity index (χ0v) is 13.0. The second-order valence-corrected chi connectivity index (χ2v) is 5.70. The number of hydrogen-bond acceptors (Lipinski definition) is 6. The van der Waals surface area contributed by atoms with Crippen LogP contribution in [-0.4, -0.2) is 55.1 Å². The summed E-state index contributed by atoms with van der Waals surface area (Å²) in [6, 6.07) is 10.6. The molecule has 23 heavy (non-hydrogen) atoms. The highest BCUT2D eigenvalue weighted by Gasteiger charge is 2.23. The number of aliphatic imine (C=N–C) groups is 1. The second-order valence-electron chi connectivity index (χ2n) is 5.70. The maximum atomic E-state index is 4.57. The van der Waals surface area contributed by atoms with Crippen molar-refractivity contribution in [1.29, 1.82) is 0 Å². The first-order valence-corrected chi connectivity index (χ1v) is 8.06. The van der Waals surface area contributed by atoms with Crippen molar-refractivity contribution in [2.75, 3.05) is 49.1 Å². The van der Waals surface area contributed by atoms with E-state index in [-0.39, 0.29) is 0 Å². The first-order chi connectivity index (χ1) is 11.4. The third-order valence-corrected chi connectivity index (χ3v) is 4.28. The van der Waals surface area contributed by atoms with Gasteiger partial charge in [0.05, 0.1) is 6.54 Å². The smallest absolute Gasteiger partial charge is 0.158 e. The molecule has 1 N–H and O–H groups in total. The summed E-state index contributed by atoms with van der Waals surface area (Å²) < 4.78 is 0. The minimum Gasteiger partial charge on any atom is -0.368 e. The van der Waals surface area contributed by atoms with E-state index in [9.17, 15) is 0 Å². The maximum absolute atomic E-state index is 4.57. The van der Waals surface area contributed by atoms with Gasteiger partial charge in [-0.2, -0.15) is 0 Å². The zero-order valence-electron chi connectivity index (χ0n) is 13.0. The van der Waals surface area contributed by atoms with Crippen LogP contribution in [0.15, 0.2) is 47.7 Å². The first-order valence-electron chi connectivity index (χ1n) is 8.06. The summed E-state index contributed by atoms with van der Waals surface area (Å²) in [5, 5.41) is 3.30. The highest BCUT2D eigenvalue weighted by atomic mass is 15.3. The monoisotopic (exact) mass is 308 g/mol. The summed E-state index contributed by atoms with van der Waals surface area (Å²) in [5.74, 6) is 1.81. The van der Waals surface area contributed by atoms with Gasteiger partial charge in [0, 0.05) is 50.8 Å². The number of nitrogens with zero attached hydrogens (tertiary/aromatic N) is 5. The molecule has 6 heteroatoms. The summed E-state index contributed by atoms with van der Waals surface area (Å²) in [6.07, 6.45) is 3.50. The first kappa shape index (κ1) is 14.0. The Bertz CT molecular complexity index is 691. The number of hydrogen-bond donors (Lipinski definition) is 1. The van der Waals surface area contributed by atoms with E-state index in [1.165, 1.54) is 5.69 Å². The predicted molar refractivity (Wildman–Crippen MR) is 92.3 cm³/mol. The molecule has 2 aliphatic rings. The molecule has 3 heterocycles. The van der Waals surface area contributed by atoms with Crippen LogP contribution in [0.2, 0.25) is 0 Å². The van der Waals surface area contributed by atoms with Crippen molar-refractivity contribution >= 4 is 17.3 Å². The molecule has 1 fully saturated rings. The summed E-state index contributed by atoms with van der Waals surface area (Å²) in [6.45, 7) is 5.54. The van der Waals surface area contributed by atoms with Gasteiger partial charge in [0.1, 0.15) is 5.69 Å². The van der Waals surface area contributed by atoms with Crippen LogP contribution in [0, 0.1) is 0 Å². The maximum Gasteiger partial charge on any atom is 0.158 e. The predicted octanol–water partition coefficient (Wildman–Crippen LogP) is 1.15. The molecule has 1 saturated heterocycles. The molecule has 6 nitrogen and oxygen atoms in total. The average Bonchev–Trinajstić information content (AvgIpc) is 3.17. The van der Waals surface area contributed by atoms with Crippen LogP contribution in [-0.2, 0) is 0 Å². The molecule has 0 radical (unpaired) electrons. The molecule has 118 valence electrons. The fourth-order valence-electron chi connectivity index (χ4n) is 3.10. The van der Waals surface area contributed by atoms with E-state index >= 15 is 0 Å². The molecule has 0 spiro atoms. The number of piperazine rings is 1. The van der Waals surface area contributed by atoms with E-state index in [1.54, 1.807) is 12.4 Å². The number of benzene rings is 1. The Morgan fingerprint density at radius 1 is 0.870 bits per heavy atom. The van der Waals surface area contributed by atoms with Crippen molar-refractivity contribution in [3.05, 3.63) is 48.4 Å². The van der Waals surface area contributed by atoms with Gasteiger partial charge in [-0.3, -0.25) is 4.99 Å². The average molecular weight is 308 g/mol. The van der Waals surface area contributed by atoms with E-state index in [2.05, 4.69) is 60.4 Å². The summed E-state index contributed by atoms with van der Waals surface area (Å²) >= 11 is 0. The lowest BCUT2D eigenvalue weighted by Crippen LogP contribution is -2.47. The van der Waals surface area contributed by atoms with Crippen LogP contribution in [0.3, 0.4) is 0 Å². The van der Waals surface area contributed by atoms with Gasteiger partial charge in [-0.05, 0) is 12.1 Å². The van der Waals surface area contributed by atoms with Gasteiger partial charge in [-0.15, -0.1) is 0 Å². The third kappa shape index (κ3) is 2.84. The molecule has 0 atom stereocenters. The van der Waals surface area contributed by atoms with Crippen LogP contribution >= 0.6 is 0 Å². The van der Waals surface area contributed by atoms with Crippen LogP contribution in [0.1, 0.15) is 5.69 Å². The molecule has 0 saturated carbocycles. The zero-order chi connectivity index (χ0) is 15.5. The molecular formula is C17H20N6. The molecule has 0 aliphatic carbocycles. The van der Waals surface area contributed by atoms with Gasteiger partial charge < -0.3 is 15.1 Å². The molecule has 0 unspecified atom stereocenters. The molecule has 4 rings (SSSR count). The van der Waals surface area contributed by atoms with Gasteiger partial charge >= 0.3 is 0 Å². The van der Waals surface area contributed by atoms with Crippen molar-refractivity contribution < 1.29 is 0 Å². The minimum atomic E-state index is 0.813. The van der Waals surface area contributed by atoms with Crippen molar-refractivity contribution in [2.45, 2.75) is 0 Å². The van der Waals surface area contributed by atoms with Crippen molar-refractivity contribution in [3.63, 3.8) is 0 Å². The molecule has 2 aromatic rings. The van der Waals surface area contributed by atoms with Gasteiger partial charge in [0.25, 0.3) is 0 Å². The van der Waals surface area contributed by atoms with E-state index in [0.29, 0.717) is 0 Å². The Balaban J connectivity index is 1.51. The number of anilines is 2. The molecular weight excluding hydrogens is 288 g/mol. The van der Waals surface area contributed by atoms with Crippen LogP contribution in [0.4, 0.5) is 11.5 Å². The van der Waals surface area contributed by atoms with E-state index < -0.39 is 0 Å². The van der Waals surface area contributed by atoms with Crippen molar-refractivity contribution in [2.24, 2.45) is 4.99 Å². The Morgan fingerprint density at radius 3 is 2.35 bits per heavy atom. The normalized spacial score (nSPS) is 17.8. The fraction of sp³-hybridized carbons (Fsp3) is 0.353. The Kier molecular flexibility index (Phi) is 3.80. The second kappa shape index (κ2) is 6.24. The number of para-hydroxylation sites is 1. The number of rotatable bonds is 3. The Morgan fingerprint density at radius 2 is 1.61 bits per heavy atom. The Labute approximate surface area is 135 Å². The van der Waals surface area contributed by atoms with E-state index in [0.717, 1.165) is 56.6 Å². The van der Waals surface area contributed by atoms with Crippen molar-refractivity contribution in [3.8, 4) is 0 Å². The Hall–Kier alpha value is -2.63. The standard InChI is InChI=1S/C17H20N6/c1-2-4-14(5-3-1)22-10-12-23(13-11-22)17-15(18-6-9-21-17)16-19-7-8-20-16/h1-6,9H,7-8,10-13H2,(H,19,20). The van der Waals surface area contributed by atoms with Gasteiger partial charge in [0.2, 0.25) is 0 Å². The molecule has 1 aromatic carbocycles. The highest BCUT2D eigenvalue weighted by Crippen LogP contribution is 2.21. The summed E-state index contributed by atoms with van der Waals surface area (Å²) in [4.78, 5) is 18.3. The number of aromatic nitrogens is 2. The quantitative estimate of drug-likeness (QED) is 0.922. The van der Waals surface area contributed by atoms with Crippen LogP contribution < -0.4 is 15.1 Å². The van der Waals surface area contributed by atoms with Crippen molar-refractivity contribution in [1.82, 2.24) is 15.3 Å². The lowest BCUT2D eigenvalue weighted by atomic mass is 10.2. The lowest BCUT2D eigenvalue weighted by Gasteiger charge is -2.37. The van der Waals surface area contributed by atoms with Crippen LogP contribution in [0.25, 0.3) is 0 Å². The minimum absolute atomic E-state index is 0.813. The topological polar surface area (TPSA) is 56.7 Å². The number of nitrogens with one attached hydrogen (secondary N) is 1. The largest absolute Gasteiger partial charge is 0.368 e. The lowest BCUT2D eigenvalue weighted by molar-refractivity contribution is 0.645. The summed E-state index contributed by atoms with van der Waals surface area (Å²) in [5.41, 5.74) is 2.16. The van der Waals surface area contributed by atoms with E-state index in [4.69, 9.17) is 0 Å². The number of amidine groups is 1. The molecule has 1 aromatic heterocycles. The van der Waals surface area contributed by atoms with Gasteiger partial charge in [-0.25, -0.2) is 9.97 Å². The third-order valence-electron chi connectivity index (χ3n) is 4.28. The SMILES string of the molecule is c1ccc(N2CCN(c3nccnc3C3=NCCN3)CC2)cc1. The molecule has 0 bridgehead atoms. The van der Waals surface area contributed by atoms with Gasteiger partial charge in [0.15, 0.2) is 11.7 Å². The highest BCUT2D eigenvalue weighted by molar-refractivity contribution is 6.01. The van der Waals surface area contributed by atoms with Gasteiger partial charge in [-0.1, -0.05) is 18.2 Å². The summed E-state index contributed by atoms with van der Waals surface area (Å²) in [7, 11) is 0. The fourth-order valence-corrected chi connectivity index (χ4v) is 3.10.